The van der Waals surface area contributed by atoms with Crippen LogP contribution in [-0.4, -0.2) is 14.5 Å². The minimum Gasteiger partial charge on any atom is -0.384 e. The SMILES string of the molecule is Cc1ccc(C(C)n2cncc2-c2ccnc(N)c2)cc1. The van der Waals surface area contributed by atoms with E-state index in [1.807, 2.05) is 24.7 Å². The first kappa shape index (κ1) is 13.4. The summed E-state index contributed by atoms with van der Waals surface area (Å²) in [6.07, 6.45) is 5.44. The molecule has 1 aromatic carbocycles. The van der Waals surface area contributed by atoms with Crippen LogP contribution in [0.5, 0.6) is 0 Å². The van der Waals surface area contributed by atoms with E-state index in [-0.39, 0.29) is 6.04 Å². The lowest BCUT2D eigenvalue weighted by molar-refractivity contribution is 0.644. The van der Waals surface area contributed by atoms with E-state index in [4.69, 9.17) is 5.73 Å². The molecule has 3 aromatic rings. The molecule has 0 bridgehead atoms. The molecule has 2 aromatic heterocycles. The molecule has 4 heteroatoms. The Kier molecular flexibility index (Phi) is 3.44. The zero-order valence-corrected chi connectivity index (χ0v) is 12.2. The first-order valence-corrected chi connectivity index (χ1v) is 6.95. The van der Waals surface area contributed by atoms with Crippen molar-refractivity contribution in [2.45, 2.75) is 19.9 Å². The number of aromatic nitrogens is 3. The third-order valence-corrected chi connectivity index (χ3v) is 3.72. The van der Waals surface area contributed by atoms with Crippen LogP contribution >= 0.6 is 0 Å². The standard InChI is InChI=1S/C17H18N4/c1-12-3-5-14(6-4-12)13(2)21-11-19-10-16(21)15-7-8-20-17(18)9-15/h3-11,13H,1-2H3,(H2,18,20). The van der Waals surface area contributed by atoms with E-state index >= 15 is 0 Å². The van der Waals surface area contributed by atoms with Gasteiger partial charge in [0.05, 0.1) is 24.3 Å². The molecule has 0 aliphatic carbocycles. The van der Waals surface area contributed by atoms with Gasteiger partial charge in [-0.05, 0) is 31.5 Å². The van der Waals surface area contributed by atoms with Crippen LogP contribution in [0.2, 0.25) is 0 Å². The Balaban J connectivity index is 2.00. The molecule has 1 atom stereocenters. The Bertz CT molecular complexity index is 743. The third kappa shape index (κ3) is 2.65. The van der Waals surface area contributed by atoms with E-state index in [1.165, 1.54) is 11.1 Å². The summed E-state index contributed by atoms with van der Waals surface area (Å²) in [5.74, 6) is 0.517. The molecule has 0 aliphatic rings. The van der Waals surface area contributed by atoms with Crippen molar-refractivity contribution in [3.8, 4) is 11.3 Å². The third-order valence-electron chi connectivity index (χ3n) is 3.72. The number of benzene rings is 1. The molecule has 106 valence electrons. The fourth-order valence-electron chi connectivity index (χ4n) is 2.45. The minimum absolute atomic E-state index is 0.206. The number of nitrogen functional groups attached to an aromatic ring is 1. The molecule has 2 heterocycles. The molecule has 0 aliphatic heterocycles. The van der Waals surface area contributed by atoms with Crippen molar-refractivity contribution in [2.75, 3.05) is 5.73 Å². The molecule has 0 saturated carbocycles. The molecule has 21 heavy (non-hydrogen) atoms. The molecule has 0 radical (unpaired) electrons. The van der Waals surface area contributed by atoms with Crippen molar-refractivity contribution >= 4 is 5.82 Å². The maximum absolute atomic E-state index is 5.78. The second kappa shape index (κ2) is 5.40. The van der Waals surface area contributed by atoms with Crippen LogP contribution in [-0.2, 0) is 0 Å². The van der Waals surface area contributed by atoms with Crippen LogP contribution in [0.3, 0.4) is 0 Å². The van der Waals surface area contributed by atoms with E-state index < -0.39 is 0 Å². The highest BCUT2D eigenvalue weighted by molar-refractivity contribution is 5.62. The van der Waals surface area contributed by atoms with Gasteiger partial charge in [0.15, 0.2) is 0 Å². The average molecular weight is 278 g/mol. The number of imidazole rings is 1. The maximum Gasteiger partial charge on any atom is 0.123 e. The Morgan fingerprint density at radius 2 is 1.90 bits per heavy atom. The smallest absolute Gasteiger partial charge is 0.123 e. The van der Waals surface area contributed by atoms with Crippen LogP contribution in [0, 0.1) is 6.92 Å². The van der Waals surface area contributed by atoms with Crippen LogP contribution in [0.4, 0.5) is 5.82 Å². The van der Waals surface area contributed by atoms with Gasteiger partial charge in [0.1, 0.15) is 5.82 Å². The number of nitrogens with zero attached hydrogens (tertiary/aromatic N) is 3. The number of aryl methyl sites for hydroxylation is 1. The fraction of sp³-hybridized carbons (Fsp3) is 0.176. The Hall–Kier alpha value is -2.62. The average Bonchev–Trinajstić information content (AvgIpc) is 2.97. The second-order valence-corrected chi connectivity index (χ2v) is 5.24. The molecule has 2 N–H and O–H groups in total. The lowest BCUT2D eigenvalue weighted by Gasteiger charge is -2.17. The number of rotatable bonds is 3. The lowest BCUT2D eigenvalue weighted by atomic mass is 10.1. The zero-order valence-electron chi connectivity index (χ0n) is 12.2. The summed E-state index contributed by atoms with van der Waals surface area (Å²) in [7, 11) is 0. The summed E-state index contributed by atoms with van der Waals surface area (Å²) >= 11 is 0. The van der Waals surface area contributed by atoms with Gasteiger partial charge in [-0.2, -0.15) is 0 Å². The van der Waals surface area contributed by atoms with Crippen LogP contribution in [0.25, 0.3) is 11.3 Å². The fourth-order valence-corrected chi connectivity index (χ4v) is 2.45. The topological polar surface area (TPSA) is 56.7 Å². The summed E-state index contributed by atoms with van der Waals surface area (Å²) < 4.78 is 2.15. The van der Waals surface area contributed by atoms with Crippen LogP contribution in [0.1, 0.15) is 24.1 Å². The molecule has 0 amide bonds. The Labute approximate surface area is 124 Å². The van der Waals surface area contributed by atoms with Gasteiger partial charge in [-0.1, -0.05) is 29.8 Å². The number of hydrogen-bond acceptors (Lipinski definition) is 3. The molecular weight excluding hydrogens is 260 g/mol. The molecule has 0 saturated heterocycles. The Morgan fingerprint density at radius 1 is 1.14 bits per heavy atom. The molecule has 4 nitrogen and oxygen atoms in total. The summed E-state index contributed by atoms with van der Waals surface area (Å²) in [6.45, 7) is 4.26. The molecule has 1 unspecified atom stereocenters. The van der Waals surface area contributed by atoms with Gasteiger partial charge in [-0.3, -0.25) is 0 Å². The van der Waals surface area contributed by atoms with E-state index in [1.54, 1.807) is 6.20 Å². The summed E-state index contributed by atoms with van der Waals surface area (Å²) in [5.41, 5.74) is 10.4. The molecule has 0 spiro atoms. The second-order valence-electron chi connectivity index (χ2n) is 5.24. The van der Waals surface area contributed by atoms with E-state index in [0.29, 0.717) is 5.82 Å². The van der Waals surface area contributed by atoms with Crippen molar-refractivity contribution < 1.29 is 0 Å². The van der Waals surface area contributed by atoms with Gasteiger partial charge in [0, 0.05) is 11.8 Å². The van der Waals surface area contributed by atoms with E-state index in [2.05, 4.69) is 52.6 Å². The van der Waals surface area contributed by atoms with Gasteiger partial charge in [0.2, 0.25) is 0 Å². The number of hydrogen-bond donors (Lipinski definition) is 1. The Morgan fingerprint density at radius 3 is 2.62 bits per heavy atom. The first-order chi connectivity index (χ1) is 10.1. The lowest BCUT2D eigenvalue weighted by Crippen LogP contribution is -2.07. The van der Waals surface area contributed by atoms with Gasteiger partial charge in [0.25, 0.3) is 0 Å². The van der Waals surface area contributed by atoms with Crippen molar-refractivity contribution in [1.82, 2.24) is 14.5 Å². The van der Waals surface area contributed by atoms with Crippen molar-refractivity contribution in [2.24, 2.45) is 0 Å². The quantitative estimate of drug-likeness (QED) is 0.798. The number of pyridine rings is 1. The van der Waals surface area contributed by atoms with E-state index in [0.717, 1.165) is 11.3 Å². The van der Waals surface area contributed by atoms with Crippen LogP contribution in [0.15, 0.2) is 55.1 Å². The molecular formula is C17H18N4. The summed E-state index contributed by atoms with van der Waals surface area (Å²) in [4.78, 5) is 8.33. The highest BCUT2D eigenvalue weighted by Gasteiger charge is 2.13. The van der Waals surface area contributed by atoms with Gasteiger partial charge >= 0.3 is 0 Å². The predicted molar refractivity (Wildman–Crippen MR) is 84.9 cm³/mol. The maximum atomic E-state index is 5.78. The van der Waals surface area contributed by atoms with Crippen molar-refractivity contribution in [3.05, 3.63) is 66.2 Å². The number of nitrogens with two attached hydrogens (primary N) is 1. The largest absolute Gasteiger partial charge is 0.384 e. The molecule has 0 fully saturated rings. The van der Waals surface area contributed by atoms with E-state index in [9.17, 15) is 0 Å². The monoisotopic (exact) mass is 278 g/mol. The normalized spacial score (nSPS) is 12.3. The minimum atomic E-state index is 0.206. The highest BCUT2D eigenvalue weighted by atomic mass is 15.1. The first-order valence-electron chi connectivity index (χ1n) is 6.95. The van der Waals surface area contributed by atoms with Gasteiger partial charge < -0.3 is 10.3 Å². The molecule has 3 rings (SSSR count). The predicted octanol–water partition coefficient (Wildman–Crippen LogP) is 3.45. The van der Waals surface area contributed by atoms with Gasteiger partial charge in [-0.25, -0.2) is 9.97 Å². The zero-order chi connectivity index (χ0) is 14.8. The summed E-state index contributed by atoms with van der Waals surface area (Å²) in [6, 6.07) is 12.6. The highest BCUT2D eigenvalue weighted by Crippen LogP contribution is 2.26. The van der Waals surface area contributed by atoms with Crippen molar-refractivity contribution in [1.29, 1.82) is 0 Å². The van der Waals surface area contributed by atoms with Crippen LogP contribution < -0.4 is 5.73 Å². The summed E-state index contributed by atoms with van der Waals surface area (Å²) in [5, 5.41) is 0. The number of anilines is 1. The van der Waals surface area contributed by atoms with Crippen molar-refractivity contribution in [3.63, 3.8) is 0 Å². The van der Waals surface area contributed by atoms with Gasteiger partial charge in [-0.15, -0.1) is 0 Å².